The minimum absolute atomic E-state index is 0. The Labute approximate surface area is 146 Å². The quantitative estimate of drug-likeness (QED) is 0.286. The van der Waals surface area contributed by atoms with Crippen LogP contribution in [-0.4, -0.2) is 76.5 Å². The molecule has 0 atom stereocenters. The van der Waals surface area contributed by atoms with Crippen molar-refractivity contribution in [2.75, 3.05) is 0 Å². The monoisotopic (exact) mass is 411 g/mol. The van der Waals surface area contributed by atoms with Gasteiger partial charge in [0.1, 0.15) is 0 Å². The molecule has 17 heteroatoms. The van der Waals surface area contributed by atoms with Crippen LogP contribution in [0.3, 0.4) is 0 Å². The minimum Gasteiger partial charge on any atom is -0.281 e. The zero-order chi connectivity index (χ0) is 17.2. The summed E-state index contributed by atoms with van der Waals surface area (Å²) in [6, 6.07) is 0. The smallest absolute Gasteiger partial charge is 0.281 e. The van der Waals surface area contributed by atoms with Gasteiger partial charge in [0.15, 0.2) is 0 Å². The molecule has 0 bridgehead atoms. The van der Waals surface area contributed by atoms with Gasteiger partial charge < -0.3 is 0 Å². The molecule has 0 rings (SSSR count). The summed E-state index contributed by atoms with van der Waals surface area (Å²) in [5.41, 5.74) is 0. The van der Waals surface area contributed by atoms with Crippen LogP contribution in [0.1, 0.15) is 0 Å². The predicted octanol–water partition coefficient (Wildman–Crippen LogP) is 0.0840. The molecular weight excluding hydrogens is 410 g/mol. The average Bonchev–Trinajstić information content (AvgIpc) is 2.14. The fourth-order valence-corrected chi connectivity index (χ4v) is 1.19. The fourth-order valence-electron chi connectivity index (χ4n) is 0.203. The standard InChI is InChI=1S/2C2HClF2O4S.Na/c2*3-1(6)2(4,5)10(7,8)9;/h2*(H,7,8,9);. The van der Waals surface area contributed by atoms with E-state index in [-0.39, 0.29) is 29.6 Å². The summed E-state index contributed by atoms with van der Waals surface area (Å²) in [4.78, 5) is 19.2. The van der Waals surface area contributed by atoms with Gasteiger partial charge in [-0.2, -0.15) is 34.4 Å². The molecule has 2 N–H and O–H groups in total. The summed E-state index contributed by atoms with van der Waals surface area (Å²) in [7, 11) is -11.4. The first-order valence-corrected chi connectivity index (χ1v) is 7.12. The summed E-state index contributed by atoms with van der Waals surface area (Å²) in [6.45, 7) is 0. The van der Waals surface area contributed by atoms with E-state index in [1.807, 2.05) is 0 Å². The fraction of sp³-hybridized carbons (Fsp3) is 0.500. The van der Waals surface area contributed by atoms with Crippen LogP contribution in [0, 0.1) is 0 Å². The van der Waals surface area contributed by atoms with E-state index in [4.69, 9.17) is 9.11 Å². The Kier molecular flexibility index (Phi) is 10.5. The molecule has 1 radical (unpaired) electrons. The van der Waals surface area contributed by atoms with E-state index in [0.717, 1.165) is 0 Å². The molecule has 0 aromatic heterocycles. The van der Waals surface area contributed by atoms with Crippen LogP contribution in [0.4, 0.5) is 17.6 Å². The number of carbonyl (C=O) groups is 2. The molecule has 0 aliphatic rings. The van der Waals surface area contributed by atoms with E-state index < -0.39 is 41.2 Å². The molecule has 0 saturated heterocycles. The number of hydrogen-bond acceptors (Lipinski definition) is 6. The van der Waals surface area contributed by atoms with E-state index in [9.17, 15) is 44.0 Å². The maximum atomic E-state index is 11.7. The van der Waals surface area contributed by atoms with Crippen molar-refractivity contribution in [3.8, 4) is 0 Å². The third-order valence-corrected chi connectivity index (χ3v) is 3.47. The van der Waals surface area contributed by atoms with E-state index in [1.54, 1.807) is 0 Å². The van der Waals surface area contributed by atoms with Crippen molar-refractivity contribution in [2.24, 2.45) is 0 Å². The van der Waals surface area contributed by atoms with E-state index >= 15 is 0 Å². The van der Waals surface area contributed by atoms with E-state index in [1.165, 1.54) is 0 Å². The zero-order valence-electron chi connectivity index (χ0n) is 9.43. The van der Waals surface area contributed by atoms with Gasteiger partial charge in [0, 0.05) is 29.6 Å². The molecular formula is C4H2Cl2F4NaO8S2. The van der Waals surface area contributed by atoms with Crippen LogP contribution < -0.4 is 0 Å². The molecule has 0 saturated carbocycles. The second-order valence-corrected chi connectivity index (χ2v) is 6.14. The Morgan fingerprint density at radius 1 is 0.762 bits per heavy atom. The van der Waals surface area contributed by atoms with Crippen LogP contribution in [-0.2, 0) is 29.8 Å². The zero-order valence-corrected chi connectivity index (χ0v) is 14.6. The van der Waals surface area contributed by atoms with Crippen molar-refractivity contribution in [2.45, 2.75) is 10.5 Å². The third kappa shape index (κ3) is 7.51. The van der Waals surface area contributed by atoms with Crippen LogP contribution in [0.5, 0.6) is 0 Å². The van der Waals surface area contributed by atoms with E-state index in [2.05, 4.69) is 23.2 Å². The maximum Gasteiger partial charge on any atom is 0.441 e. The second-order valence-electron chi connectivity index (χ2n) is 2.53. The third-order valence-electron chi connectivity index (χ3n) is 1.11. The van der Waals surface area contributed by atoms with Gasteiger partial charge in [-0.1, -0.05) is 0 Å². The van der Waals surface area contributed by atoms with Crippen LogP contribution in [0.25, 0.3) is 0 Å². The average molecular weight is 412 g/mol. The van der Waals surface area contributed by atoms with Gasteiger partial charge in [-0.3, -0.25) is 18.7 Å². The number of carbonyl (C=O) groups excluding carboxylic acids is 2. The van der Waals surface area contributed by atoms with Crippen LogP contribution >= 0.6 is 23.2 Å². The molecule has 0 spiro atoms. The molecule has 21 heavy (non-hydrogen) atoms. The number of alkyl halides is 4. The van der Waals surface area contributed by atoms with Gasteiger partial charge in [0.05, 0.1) is 0 Å². The van der Waals surface area contributed by atoms with Gasteiger partial charge in [-0.15, -0.1) is 0 Å². The largest absolute Gasteiger partial charge is 0.441 e. The van der Waals surface area contributed by atoms with Crippen molar-refractivity contribution in [3.63, 3.8) is 0 Å². The van der Waals surface area contributed by atoms with Crippen molar-refractivity contribution >= 4 is 83.5 Å². The molecule has 0 aromatic carbocycles. The molecule has 0 fully saturated rings. The molecule has 0 aliphatic carbocycles. The second kappa shape index (κ2) is 8.35. The summed E-state index contributed by atoms with van der Waals surface area (Å²) in [6.07, 6.45) is 0. The minimum atomic E-state index is -5.72. The Balaban J connectivity index is -0.000000295. The normalized spacial score (nSPS) is 12.6. The van der Waals surface area contributed by atoms with Gasteiger partial charge in [0.2, 0.25) is 0 Å². The maximum absolute atomic E-state index is 11.7. The van der Waals surface area contributed by atoms with Gasteiger partial charge in [0.25, 0.3) is 0 Å². The predicted molar refractivity (Wildman–Crippen MR) is 60.5 cm³/mol. The molecule has 121 valence electrons. The van der Waals surface area contributed by atoms with Crippen LogP contribution in [0.15, 0.2) is 0 Å². The van der Waals surface area contributed by atoms with Crippen LogP contribution in [0.2, 0.25) is 0 Å². The first-order chi connectivity index (χ1) is 8.39. The first kappa shape index (κ1) is 26.4. The Morgan fingerprint density at radius 2 is 0.905 bits per heavy atom. The Hall–Kier alpha value is 0.460. The molecule has 0 amide bonds. The summed E-state index contributed by atoms with van der Waals surface area (Å²) in [5, 5.41) is -14.7. The summed E-state index contributed by atoms with van der Waals surface area (Å²) < 4.78 is 101. The van der Waals surface area contributed by atoms with Gasteiger partial charge >= 0.3 is 41.2 Å². The van der Waals surface area contributed by atoms with Gasteiger partial charge in [-0.25, -0.2) is 0 Å². The summed E-state index contributed by atoms with van der Waals surface area (Å²) in [5.74, 6) is 0. The SMILES string of the molecule is O=C(Cl)C(F)(F)S(=O)(=O)O.O=C(Cl)C(F)(F)S(=O)(=O)O.[Na]. The molecule has 8 nitrogen and oxygen atoms in total. The summed E-state index contributed by atoms with van der Waals surface area (Å²) >= 11 is 8.25. The molecule has 0 heterocycles. The molecule has 0 unspecified atom stereocenters. The number of halogens is 6. The Morgan fingerprint density at radius 3 is 0.905 bits per heavy atom. The van der Waals surface area contributed by atoms with E-state index in [0.29, 0.717) is 0 Å². The first-order valence-electron chi connectivity index (χ1n) is 3.48. The molecule has 0 aliphatic heterocycles. The molecule has 0 aromatic rings. The van der Waals surface area contributed by atoms with Crippen molar-refractivity contribution < 1.29 is 53.1 Å². The van der Waals surface area contributed by atoms with Crippen molar-refractivity contribution in [3.05, 3.63) is 0 Å². The Bertz CT molecular complexity index is 548. The van der Waals surface area contributed by atoms with Crippen molar-refractivity contribution in [1.29, 1.82) is 0 Å². The topological polar surface area (TPSA) is 143 Å². The number of hydrogen-bond donors (Lipinski definition) is 2. The number of rotatable bonds is 4. The van der Waals surface area contributed by atoms with Gasteiger partial charge in [-0.05, 0) is 23.2 Å². The van der Waals surface area contributed by atoms with Crippen molar-refractivity contribution in [1.82, 2.24) is 0 Å².